The normalized spacial score (nSPS) is 42.6. The number of likely N-dealkylation sites (tertiary alicyclic amines) is 1. The van der Waals surface area contributed by atoms with Gasteiger partial charge in [-0.1, -0.05) is 85.7 Å². The number of benzene rings is 1. The first kappa shape index (κ1) is 44.7. The summed E-state index contributed by atoms with van der Waals surface area (Å²) in [6.07, 6.45) is 16.5. The van der Waals surface area contributed by atoms with E-state index in [0.717, 1.165) is 70.0 Å². The zero-order chi connectivity index (χ0) is 44.1. The number of amides is 1. The van der Waals surface area contributed by atoms with Crippen molar-refractivity contribution >= 4 is 17.8 Å². The lowest BCUT2D eigenvalue weighted by Crippen LogP contribution is -2.68. The quantitative estimate of drug-likeness (QED) is 0.162. The molecule has 0 bridgehead atoms. The number of esters is 2. The Morgan fingerprint density at radius 1 is 0.661 bits per heavy atom. The van der Waals surface area contributed by atoms with Gasteiger partial charge in [0.05, 0.1) is 36.6 Å². The molecule has 1 saturated heterocycles. The van der Waals surface area contributed by atoms with Gasteiger partial charge in [0.2, 0.25) is 5.91 Å². The second kappa shape index (κ2) is 15.9. The predicted octanol–water partition coefficient (Wildman–Crippen LogP) is 10.8. The number of rotatable bonds is 11. The molecule has 1 heterocycles. The van der Waals surface area contributed by atoms with Gasteiger partial charge in [-0.3, -0.25) is 14.4 Å². The summed E-state index contributed by atoms with van der Waals surface area (Å²) >= 11 is 0. The molecule has 8 heteroatoms. The Bertz CT molecular complexity index is 1850. The maximum atomic E-state index is 15.2. The largest absolute Gasteiger partial charge is 0.462 e. The monoisotopic (exact) mass is 856 g/mol. The van der Waals surface area contributed by atoms with E-state index in [1.807, 2.05) is 44.2 Å². The number of fused-ring (bicyclic) bond motifs is 7. The molecule has 0 unspecified atom stereocenters. The molecule has 0 spiro atoms. The van der Waals surface area contributed by atoms with Gasteiger partial charge in [0, 0.05) is 25.6 Å². The van der Waals surface area contributed by atoms with Crippen LogP contribution in [-0.2, 0) is 39.9 Å². The second-order valence-corrected chi connectivity index (χ2v) is 24.5. The molecule has 1 amide bonds. The fraction of sp³-hybridized carbons (Fsp3) is 0.833. The Kier molecular flexibility index (Phi) is 11.4. The number of carbonyl (C=O) groups is 3. The van der Waals surface area contributed by atoms with Crippen molar-refractivity contribution in [3.8, 4) is 0 Å². The molecular weight excluding hydrogens is 775 g/mol. The Hall–Kier alpha value is -2.45. The minimum atomic E-state index is -0.508. The third-order valence-electron chi connectivity index (χ3n) is 21.4. The van der Waals surface area contributed by atoms with Gasteiger partial charge in [0.1, 0.15) is 12.7 Å². The predicted molar refractivity (Wildman–Crippen MR) is 240 cm³/mol. The Morgan fingerprint density at radius 3 is 2.05 bits per heavy atom. The van der Waals surface area contributed by atoms with E-state index in [9.17, 15) is 9.59 Å². The van der Waals surface area contributed by atoms with Gasteiger partial charge < -0.3 is 23.8 Å². The van der Waals surface area contributed by atoms with Crippen LogP contribution in [0.15, 0.2) is 30.3 Å². The Balaban J connectivity index is 0.888. The van der Waals surface area contributed by atoms with Gasteiger partial charge in [-0.25, -0.2) is 0 Å². The van der Waals surface area contributed by atoms with Gasteiger partial charge in [-0.05, 0) is 159 Å². The summed E-state index contributed by atoms with van der Waals surface area (Å²) in [6, 6.07) is 9.79. The summed E-state index contributed by atoms with van der Waals surface area (Å²) in [5.41, 5.74) is 1.04. The average molecular weight is 856 g/mol. The van der Waals surface area contributed by atoms with E-state index in [4.69, 9.17) is 18.9 Å². The van der Waals surface area contributed by atoms with Crippen LogP contribution in [0.1, 0.15) is 157 Å². The SMILES string of the molecule is COCCOC1CCN(C(=O)[C@]23CC[C@@H](C4(C)CC4)[C@@H]2[C@H]2CC[C@@H]4[C@@]5(C)CC[C@H](OC(=O)[C@H]6C[C@@H](C(=O)OCc7ccccc7)C6(C)C)C(C)(C)[C@@H]5CC[C@@]4(C)[C@]2(C)CC3)CC1. The summed E-state index contributed by atoms with van der Waals surface area (Å²) in [4.78, 5) is 44.8. The first-order valence-electron chi connectivity index (χ1n) is 25.2. The van der Waals surface area contributed by atoms with Crippen molar-refractivity contribution in [2.24, 2.45) is 79.3 Å². The number of hydrogen-bond donors (Lipinski definition) is 0. The lowest BCUT2D eigenvalue weighted by atomic mass is 9.32. The number of nitrogens with zero attached hydrogens (tertiary/aromatic N) is 1. The van der Waals surface area contributed by atoms with Crippen LogP contribution in [0.25, 0.3) is 0 Å². The smallest absolute Gasteiger partial charge is 0.309 e. The van der Waals surface area contributed by atoms with Crippen LogP contribution in [-0.4, -0.2) is 68.4 Å². The molecule has 0 aromatic heterocycles. The number of methoxy groups -OCH3 is 1. The Morgan fingerprint density at radius 2 is 1.37 bits per heavy atom. The zero-order valence-corrected chi connectivity index (χ0v) is 40.0. The highest BCUT2D eigenvalue weighted by Crippen LogP contribution is 2.79. The number of ether oxygens (including phenoxy) is 4. The molecule has 344 valence electrons. The van der Waals surface area contributed by atoms with Crippen molar-refractivity contribution in [3.63, 3.8) is 0 Å². The lowest BCUT2D eigenvalue weighted by Gasteiger charge is -2.73. The second-order valence-electron chi connectivity index (χ2n) is 24.5. The minimum absolute atomic E-state index is 0.132. The highest BCUT2D eigenvalue weighted by molar-refractivity contribution is 5.84. The molecular formula is C54H81NO7. The van der Waals surface area contributed by atoms with Gasteiger partial charge in [0.15, 0.2) is 0 Å². The molecule has 8 fully saturated rings. The van der Waals surface area contributed by atoms with Gasteiger partial charge in [-0.2, -0.15) is 0 Å². The van der Waals surface area contributed by atoms with Crippen LogP contribution in [0.4, 0.5) is 0 Å². The van der Waals surface area contributed by atoms with Crippen molar-refractivity contribution in [1.82, 2.24) is 4.90 Å². The third-order valence-corrected chi connectivity index (χ3v) is 21.4. The molecule has 1 aromatic carbocycles. The topological polar surface area (TPSA) is 91.4 Å². The van der Waals surface area contributed by atoms with Crippen molar-refractivity contribution in [2.75, 3.05) is 33.4 Å². The van der Waals surface area contributed by atoms with Crippen LogP contribution >= 0.6 is 0 Å². The fourth-order valence-corrected chi connectivity index (χ4v) is 17.1. The maximum Gasteiger partial charge on any atom is 0.309 e. The summed E-state index contributed by atoms with van der Waals surface area (Å²) in [5.74, 6) is 2.31. The molecule has 0 radical (unpaired) electrons. The van der Waals surface area contributed by atoms with Crippen molar-refractivity contribution in [1.29, 1.82) is 0 Å². The van der Waals surface area contributed by atoms with Gasteiger partial charge in [-0.15, -0.1) is 0 Å². The lowest BCUT2D eigenvalue weighted by molar-refractivity contribution is -0.253. The van der Waals surface area contributed by atoms with E-state index in [2.05, 4.69) is 46.4 Å². The van der Waals surface area contributed by atoms with E-state index >= 15 is 4.79 Å². The summed E-state index contributed by atoms with van der Waals surface area (Å²) in [7, 11) is 1.72. The van der Waals surface area contributed by atoms with E-state index in [1.165, 1.54) is 38.5 Å². The van der Waals surface area contributed by atoms with Crippen molar-refractivity contribution in [2.45, 2.75) is 171 Å². The molecule has 62 heavy (non-hydrogen) atoms. The molecule has 0 N–H and O–H groups in total. The van der Waals surface area contributed by atoms with Crippen molar-refractivity contribution < 1.29 is 33.3 Å². The standard InChI is InChI=1S/C54H81NO7/c1-48(2)39(45(56)61-34-35-13-11-10-12-14-35)33-40(48)46(57)62-43-19-22-51(6)41(49(43,3)4)18-23-53(8)42(51)16-15-38-44-37(50(5)25-26-50)17-24-54(44,28-27-52(38,53)7)47(58)55-29-20-36(21-30-55)60-32-31-59-9/h10-14,36-44H,15-34H2,1-9H3/t37-,38-,39+,40-,41+,42-,43+,44-,51+,52-,53-,54+/m1/s1. The van der Waals surface area contributed by atoms with E-state index in [-0.39, 0.29) is 69.7 Å². The third kappa shape index (κ3) is 6.88. The Labute approximate surface area is 374 Å². The number of hydrogen-bond acceptors (Lipinski definition) is 7. The zero-order valence-electron chi connectivity index (χ0n) is 40.0. The van der Waals surface area contributed by atoms with E-state index in [1.54, 1.807) is 7.11 Å². The molecule has 8 nitrogen and oxygen atoms in total. The van der Waals surface area contributed by atoms with Crippen LogP contribution in [0, 0.1) is 79.3 Å². The summed E-state index contributed by atoms with van der Waals surface area (Å²) in [5, 5.41) is 0. The number of piperidine rings is 1. The van der Waals surface area contributed by atoms with Crippen molar-refractivity contribution in [3.05, 3.63) is 35.9 Å². The molecule has 8 aliphatic rings. The first-order chi connectivity index (χ1) is 29.4. The molecule has 9 rings (SSSR count). The summed E-state index contributed by atoms with van der Waals surface area (Å²) in [6.45, 7) is 22.6. The van der Waals surface area contributed by atoms with E-state index in [0.29, 0.717) is 60.5 Å². The molecule has 1 aromatic rings. The van der Waals surface area contributed by atoms with E-state index < -0.39 is 5.41 Å². The number of carbonyl (C=O) groups excluding carboxylic acids is 3. The fourth-order valence-electron chi connectivity index (χ4n) is 17.1. The van der Waals surface area contributed by atoms with Gasteiger partial charge >= 0.3 is 11.9 Å². The first-order valence-corrected chi connectivity index (χ1v) is 25.2. The maximum absolute atomic E-state index is 15.2. The molecule has 7 aliphatic carbocycles. The summed E-state index contributed by atoms with van der Waals surface area (Å²) < 4.78 is 23.7. The average Bonchev–Trinajstić information content (AvgIpc) is 3.86. The minimum Gasteiger partial charge on any atom is -0.462 e. The molecule has 7 saturated carbocycles. The van der Waals surface area contributed by atoms with Crippen LogP contribution < -0.4 is 0 Å². The van der Waals surface area contributed by atoms with Crippen LogP contribution in [0.5, 0.6) is 0 Å². The van der Waals surface area contributed by atoms with Gasteiger partial charge in [0.25, 0.3) is 0 Å². The molecule has 12 atom stereocenters. The van der Waals surface area contributed by atoms with Crippen LogP contribution in [0.2, 0.25) is 0 Å². The highest BCUT2D eigenvalue weighted by Gasteiger charge is 2.74. The highest BCUT2D eigenvalue weighted by atomic mass is 16.5. The van der Waals surface area contributed by atoms with Crippen LogP contribution in [0.3, 0.4) is 0 Å². The molecule has 1 aliphatic heterocycles.